The van der Waals surface area contributed by atoms with E-state index < -0.39 is 12.4 Å². The van der Waals surface area contributed by atoms with Gasteiger partial charge in [-0.05, 0) is 18.2 Å². The predicted octanol–water partition coefficient (Wildman–Crippen LogP) is 3.28. The van der Waals surface area contributed by atoms with E-state index in [2.05, 4.69) is 4.98 Å². The average molecular weight is 317 g/mol. The lowest BCUT2D eigenvalue weighted by Crippen LogP contribution is -2.00. The number of rotatable bonds is 3. The van der Waals surface area contributed by atoms with Crippen LogP contribution in [0.4, 0.5) is 10.1 Å². The molecule has 106 valence electrons. The molecule has 1 aromatic carbocycles. The van der Waals surface area contributed by atoms with Gasteiger partial charge in [-0.2, -0.15) is 0 Å². The van der Waals surface area contributed by atoms with Gasteiger partial charge in [-0.1, -0.05) is 23.2 Å². The van der Waals surface area contributed by atoms with Gasteiger partial charge >= 0.3 is 0 Å². The lowest BCUT2D eigenvalue weighted by Gasteiger charge is -2.11. The summed E-state index contributed by atoms with van der Waals surface area (Å²) in [6.07, 6.45) is 0. The number of anilines is 1. The molecule has 0 radical (unpaired) electrons. The van der Waals surface area contributed by atoms with Crippen LogP contribution in [0.15, 0.2) is 18.2 Å². The molecule has 0 fully saturated rings. The molecule has 0 aliphatic rings. The number of pyridine rings is 1. The van der Waals surface area contributed by atoms with Gasteiger partial charge in [0.15, 0.2) is 11.6 Å². The minimum absolute atomic E-state index is 0.0787. The van der Waals surface area contributed by atoms with Crippen molar-refractivity contribution in [3.8, 4) is 17.0 Å². The van der Waals surface area contributed by atoms with E-state index in [1.807, 2.05) is 0 Å². The number of aliphatic hydroxyl groups excluding tert-OH is 1. The number of benzene rings is 1. The van der Waals surface area contributed by atoms with E-state index in [9.17, 15) is 9.50 Å². The Kier molecular flexibility index (Phi) is 4.32. The SMILES string of the molecule is COc1c(Cl)ccc(-c2cc(N)c(Cl)c(CO)n2)c1F. The summed E-state index contributed by atoms with van der Waals surface area (Å²) in [6, 6.07) is 4.37. The molecule has 0 bridgehead atoms. The quantitative estimate of drug-likeness (QED) is 0.911. The highest BCUT2D eigenvalue weighted by molar-refractivity contribution is 6.33. The van der Waals surface area contributed by atoms with Crippen molar-refractivity contribution in [2.45, 2.75) is 6.61 Å². The molecule has 2 rings (SSSR count). The highest BCUT2D eigenvalue weighted by Gasteiger charge is 2.17. The monoisotopic (exact) mass is 316 g/mol. The second-order valence-corrected chi connectivity index (χ2v) is 4.74. The van der Waals surface area contributed by atoms with Crippen LogP contribution in [0, 0.1) is 5.82 Å². The van der Waals surface area contributed by atoms with Crippen LogP contribution in [0.5, 0.6) is 5.75 Å². The molecule has 0 aliphatic carbocycles. The lowest BCUT2D eigenvalue weighted by atomic mass is 10.1. The van der Waals surface area contributed by atoms with Gasteiger partial charge in [0.2, 0.25) is 0 Å². The Bertz CT molecular complexity index is 665. The highest BCUT2D eigenvalue weighted by atomic mass is 35.5. The van der Waals surface area contributed by atoms with E-state index in [1.54, 1.807) is 0 Å². The van der Waals surface area contributed by atoms with Crippen molar-refractivity contribution in [1.82, 2.24) is 4.98 Å². The van der Waals surface area contributed by atoms with E-state index in [1.165, 1.54) is 25.3 Å². The maximum Gasteiger partial charge on any atom is 0.175 e. The zero-order valence-corrected chi connectivity index (χ0v) is 12.0. The second kappa shape index (κ2) is 5.83. The maximum atomic E-state index is 14.3. The largest absolute Gasteiger partial charge is 0.492 e. The number of nitrogens with two attached hydrogens (primary N) is 1. The first-order valence-electron chi connectivity index (χ1n) is 5.57. The second-order valence-electron chi connectivity index (χ2n) is 3.96. The smallest absolute Gasteiger partial charge is 0.175 e. The third-order valence-corrected chi connectivity index (χ3v) is 3.47. The van der Waals surface area contributed by atoms with Gasteiger partial charge in [0.25, 0.3) is 0 Å². The number of hydrogen-bond donors (Lipinski definition) is 2. The maximum absolute atomic E-state index is 14.3. The Morgan fingerprint density at radius 2 is 2.10 bits per heavy atom. The van der Waals surface area contributed by atoms with Crippen LogP contribution in [-0.2, 0) is 6.61 Å². The number of nitrogens with zero attached hydrogens (tertiary/aromatic N) is 1. The van der Waals surface area contributed by atoms with E-state index >= 15 is 0 Å². The molecule has 0 saturated heterocycles. The summed E-state index contributed by atoms with van der Waals surface area (Å²) in [7, 11) is 1.32. The summed E-state index contributed by atoms with van der Waals surface area (Å²) < 4.78 is 19.2. The molecule has 0 spiro atoms. The van der Waals surface area contributed by atoms with Gasteiger partial charge in [0, 0.05) is 5.56 Å². The van der Waals surface area contributed by atoms with Crippen molar-refractivity contribution in [1.29, 1.82) is 0 Å². The molecular formula is C13H11Cl2FN2O2. The van der Waals surface area contributed by atoms with Crippen LogP contribution < -0.4 is 10.5 Å². The first-order valence-corrected chi connectivity index (χ1v) is 6.33. The zero-order valence-electron chi connectivity index (χ0n) is 10.5. The predicted molar refractivity (Wildman–Crippen MR) is 76.5 cm³/mol. The number of methoxy groups -OCH3 is 1. The van der Waals surface area contributed by atoms with Gasteiger partial charge in [-0.3, -0.25) is 0 Å². The van der Waals surface area contributed by atoms with Crippen LogP contribution >= 0.6 is 23.2 Å². The van der Waals surface area contributed by atoms with Crippen molar-refractivity contribution in [2.24, 2.45) is 0 Å². The fraction of sp³-hybridized carbons (Fsp3) is 0.154. The first-order chi connectivity index (χ1) is 9.49. The van der Waals surface area contributed by atoms with E-state index in [4.69, 9.17) is 33.7 Å². The van der Waals surface area contributed by atoms with Crippen molar-refractivity contribution in [2.75, 3.05) is 12.8 Å². The van der Waals surface area contributed by atoms with Crippen LogP contribution in [-0.4, -0.2) is 17.2 Å². The first kappa shape index (κ1) is 14.8. The zero-order chi connectivity index (χ0) is 14.9. The van der Waals surface area contributed by atoms with Crippen LogP contribution in [0.25, 0.3) is 11.3 Å². The Hall–Kier alpha value is -1.56. The number of halogens is 3. The third kappa shape index (κ3) is 2.52. The molecule has 0 atom stereocenters. The van der Waals surface area contributed by atoms with Gasteiger partial charge < -0.3 is 15.6 Å². The van der Waals surface area contributed by atoms with Crippen LogP contribution in [0.3, 0.4) is 0 Å². The van der Waals surface area contributed by atoms with Gasteiger partial charge in [0.05, 0.1) is 40.8 Å². The molecule has 7 heteroatoms. The standard InChI is InChI=1S/C13H11Cl2FN2O2/c1-20-13-7(14)3-2-6(12(13)16)9-4-8(17)11(15)10(5-19)18-9/h2-4,19H,5H2,1H3,(H2,17,18). The number of nitrogen functional groups attached to an aromatic ring is 1. The van der Waals surface area contributed by atoms with Gasteiger partial charge in [-0.15, -0.1) is 0 Å². The number of ether oxygens (including phenoxy) is 1. The summed E-state index contributed by atoms with van der Waals surface area (Å²) in [6.45, 7) is -0.400. The minimum Gasteiger partial charge on any atom is -0.492 e. The fourth-order valence-electron chi connectivity index (χ4n) is 1.76. The van der Waals surface area contributed by atoms with Crippen LogP contribution in [0.1, 0.15) is 5.69 Å². The Morgan fingerprint density at radius 3 is 2.70 bits per heavy atom. The molecule has 2 aromatic rings. The molecular weight excluding hydrogens is 306 g/mol. The van der Waals surface area contributed by atoms with Gasteiger partial charge in [-0.25, -0.2) is 9.37 Å². The van der Waals surface area contributed by atoms with E-state index in [0.717, 1.165) is 0 Å². The third-order valence-electron chi connectivity index (χ3n) is 2.73. The summed E-state index contributed by atoms with van der Waals surface area (Å²) in [4.78, 5) is 4.09. The molecule has 20 heavy (non-hydrogen) atoms. The molecule has 1 aromatic heterocycles. The number of hydrogen-bond acceptors (Lipinski definition) is 4. The average Bonchev–Trinajstić information content (AvgIpc) is 2.42. The summed E-state index contributed by atoms with van der Waals surface area (Å²) in [5, 5.41) is 9.49. The lowest BCUT2D eigenvalue weighted by molar-refractivity contribution is 0.277. The molecule has 0 aliphatic heterocycles. The highest BCUT2D eigenvalue weighted by Crippen LogP contribution is 2.36. The summed E-state index contributed by atoms with van der Waals surface area (Å²) in [5.74, 6) is -0.733. The normalized spacial score (nSPS) is 10.7. The van der Waals surface area contributed by atoms with Crippen molar-refractivity contribution in [3.63, 3.8) is 0 Å². The van der Waals surface area contributed by atoms with Crippen molar-refractivity contribution < 1.29 is 14.2 Å². The molecule has 0 unspecified atom stereocenters. The molecule has 1 heterocycles. The topological polar surface area (TPSA) is 68.4 Å². The van der Waals surface area contributed by atoms with Crippen molar-refractivity contribution >= 4 is 28.9 Å². The summed E-state index contributed by atoms with van der Waals surface area (Å²) in [5.41, 5.74) is 6.50. The fourth-order valence-corrected chi connectivity index (χ4v) is 2.14. The Balaban J connectivity index is 2.66. The van der Waals surface area contributed by atoms with E-state index in [0.29, 0.717) is 0 Å². The number of aromatic nitrogens is 1. The molecule has 0 saturated carbocycles. The van der Waals surface area contributed by atoms with E-state index in [-0.39, 0.29) is 38.4 Å². The Morgan fingerprint density at radius 1 is 1.40 bits per heavy atom. The Labute approximate surface area is 124 Å². The summed E-state index contributed by atoms with van der Waals surface area (Å²) >= 11 is 11.7. The van der Waals surface area contributed by atoms with Gasteiger partial charge in [0.1, 0.15) is 0 Å². The molecule has 4 nitrogen and oxygen atoms in total. The van der Waals surface area contributed by atoms with Crippen LogP contribution in [0.2, 0.25) is 10.0 Å². The minimum atomic E-state index is -0.655. The molecule has 0 amide bonds. The number of aliphatic hydroxyl groups is 1. The molecule has 3 N–H and O–H groups in total. The van der Waals surface area contributed by atoms with Crippen molar-refractivity contribution in [3.05, 3.63) is 39.8 Å².